The Labute approximate surface area is 86.5 Å². The highest BCUT2D eigenvalue weighted by atomic mass is 16.5. The summed E-state index contributed by atoms with van der Waals surface area (Å²) in [7, 11) is 1.60. The van der Waals surface area contributed by atoms with Crippen LogP contribution >= 0.6 is 0 Å². The number of anilines is 1. The third-order valence-electron chi connectivity index (χ3n) is 1.98. The van der Waals surface area contributed by atoms with Crippen LogP contribution in [-0.4, -0.2) is 23.0 Å². The zero-order valence-electron chi connectivity index (χ0n) is 8.50. The second-order valence-electron chi connectivity index (χ2n) is 3.15. The highest BCUT2D eigenvalue weighted by molar-refractivity contribution is 5.89. The van der Waals surface area contributed by atoms with E-state index in [1.165, 1.54) is 6.92 Å². The molecule has 2 aromatic rings. The highest BCUT2D eigenvalue weighted by Gasteiger charge is 2.04. The third kappa shape index (κ3) is 1.90. The molecule has 0 aliphatic heterocycles. The summed E-state index contributed by atoms with van der Waals surface area (Å²) in [4.78, 5) is 18.0. The number of hydrogen-bond acceptors (Lipinski definition) is 3. The molecule has 0 spiro atoms. The lowest BCUT2D eigenvalue weighted by Crippen LogP contribution is -2.06. The number of carbonyl (C=O) groups is 1. The first-order valence-electron chi connectivity index (χ1n) is 4.50. The molecule has 0 fully saturated rings. The lowest BCUT2D eigenvalue weighted by molar-refractivity contribution is -0.114. The Balaban J connectivity index is 2.42. The quantitative estimate of drug-likeness (QED) is 0.781. The zero-order valence-corrected chi connectivity index (χ0v) is 8.50. The average molecular weight is 205 g/mol. The minimum absolute atomic E-state index is 0.152. The summed E-state index contributed by atoms with van der Waals surface area (Å²) in [5.74, 6) is 1.05. The van der Waals surface area contributed by atoms with Gasteiger partial charge in [-0.1, -0.05) is 0 Å². The molecule has 1 aromatic heterocycles. The first-order chi connectivity index (χ1) is 7.19. The highest BCUT2D eigenvalue weighted by Crippen LogP contribution is 2.20. The summed E-state index contributed by atoms with van der Waals surface area (Å²) < 4.78 is 5.08. The third-order valence-corrected chi connectivity index (χ3v) is 1.98. The van der Waals surface area contributed by atoms with Crippen molar-refractivity contribution in [2.75, 3.05) is 12.4 Å². The maximum atomic E-state index is 10.8. The second kappa shape index (κ2) is 3.61. The summed E-state index contributed by atoms with van der Waals surface area (Å²) in [6.07, 6.45) is 0. The number of benzene rings is 1. The Hall–Kier alpha value is -2.04. The summed E-state index contributed by atoms with van der Waals surface area (Å²) in [6, 6.07) is 5.48. The van der Waals surface area contributed by atoms with Crippen molar-refractivity contribution < 1.29 is 9.53 Å². The largest absolute Gasteiger partial charge is 0.497 e. The van der Waals surface area contributed by atoms with Crippen LogP contribution in [0.3, 0.4) is 0 Å². The van der Waals surface area contributed by atoms with Crippen molar-refractivity contribution in [1.82, 2.24) is 9.97 Å². The molecule has 2 rings (SSSR count). The number of nitrogens with one attached hydrogen (secondary N) is 2. The van der Waals surface area contributed by atoms with Gasteiger partial charge in [-0.25, -0.2) is 4.98 Å². The van der Waals surface area contributed by atoms with Crippen LogP contribution in [0.1, 0.15) is 6.92 Å². The molecule has 1 amide bonds. The number of fused-ring (bicyclic) bond motifs is 1. The summed E-state index contributed by atoms with van der Waals surface area (Å²) in [6.45, 7) is 1.44. The molecule has 78 valence electrons. The predicted octanol–water partition coefficient (Wildman–Crippen LogP) is 1.53. The van der Waals surface area contributed by atoms with Crippen molar-refractivity contribution in [2.24, 2.45) is 0 Å². The summed E-state index contributed by atoms with van der Waals surface area (Å²) >= 11 is 0. The van der Waals surface area contributed by atoms with Gasteiger partial charge in [-0.15, -0.1) is 0 Å². The van der Waals surface area contributed by atoms with Gasteiger partial charge in [-0.2, -0.15) is 0 Å². The molecule has 0 aliphatic rings. The van der Waals surface area contributed by atoms with Gasteiger partial charge in [-0.05, 0) is 12.1 Å². The molecule has 0 aliphatic carbocycles. The van der Waals surface area contributed by atoms with Crippen LogP contribution in [0.25, 0.3) is 11.0 Å². The smallest absolute Gasteiger partial charge is 0.223 e. The Bertz CT molecular complexity index is 504. The SMILES string of the molecule is COc1ccc2nc(NC(C)=O)[nH]c2c1. The number of aromatic nitrogens is 2. The van der Waals surface area contributed by atoms with E-state index in [9.17, 15) is 4.79 Å². The van der Waals surface area contributed by atoms with Gasteiger partial charge in [0.25, 0.3) is 0 Å². The van der Waals surface area contributed by atoms with Crippen LogP contribution in [0.5, 0.6) is 5.75 Å². The van der Waals surface area contributed by atoms with Gasteiger partial charge in [-0.3, -0.25) is 10.1 Å². The molecule has 0 unspecified atom stereocenters. The van der Waals surface area contributed by atoms with Crippen molar-refractivity contribution >= 4 is 22.9 Å². The van der Waals surface area contributed by atoms with Crippen molar-refractivity contribution in [3.05, 3.63) is 18.2 Å². The molecule has 1 heterocycles. The van der Waals surface area contributed by atoms with E-state index in [2.05, 4.69) is 15.3 Å². The predicted molar refractivity (Wildman–Crippen MR) is 56.9 cm³/mol. The molecule has 1 aromatic carbocycles. The number of hydrogen-bond donors (Lipinski definition) is 2. The first-order valence-corrected chi connectivity index (χ1v) is 4.50. The van der Waals surface area contributed by atoms with E-state index in [-0.39, 0.29) is 5.91 Å². The van der Waals surface area contributed by atoms with Crippen molar-refractivity contribution in [3.63, 3.8) is 0 Å². The Morgan fingerprint density at radius 1 is 1.53 bits per heavy atom. The fourth-order valence-corrected chi connectivity index (χ4v) is 1.34. The van der Waals surface area contributed by atoms with E-state index in [0.29, 0.717) is 5.95 Å². The van der Waals surface area contributed by atoms with Gasteiger partial charge in [0.2, 0.25) is 11.9 Å². The lowest BCUT2D eigenvalue weighted by Gasteiger charge is -1.96. The van der Waals surface area contributed by atoms with Crippen LogP contribution in [0.15, 0.2) is 18.2 Å². The van der Waals surface area contributed by atoms with Gasteiger partial charge in [0.05, 0.1) is 18.1 Å². The van der Waals surface area contributed by atoms with Crippen LogP contribution in [0.2, 0.25) is 0 Å². The molecule has 15 heavy (non-hydrogen) atoms. The number of nitrogens with zero attached hydrogens (tertiary/aromatic N) is 1. The minimum Gasteiger partial charge on any atom is -0.497 e. The van der Waals surface area contributed by atoms with E-state index in [1.807, 2.05) is 18.2 Å². The van der Waals surface area contributed by atoms with E-state index in [4.69, 9.17) is 4.74 Å². The summed E-state index contributed by atoms with van der Waals surface area (Å²) in [5, 5.41) is 2.59. The maximum absolute atomic E-state index is 10.8. The Morgan fingerprint density at radius 3 is 3.00 bits per heavy atom. The van der Waals surface area contributed by atoms with Crippen molar-refractivity contribution in [2.45, 2.75) is 6.92 Å². The topological polar surface area (TPSA) is 67.0 Å². The maximum Gasteiger partial charge on any atom is 0.223 e. The monoisotopic (exact) mass is 205 g/mol. The van der Waals surface area contributed by atoms with Crippen molar-refractivity contribution in [3.8, 4) is 5.75 Å². The number of H-pyrrole nitrogens is 1. The molecule has 0 radical (unpaired) electrons. The zero-order chi connectivity index (χ0) is 10.8. The number of aromatic amines is 1. The average Bonchev–Trinajstić information content (AvgIpc) is 2.57. The molecule has 0 saturated heterocycles. The van der Waals surface area contributed by atoms with E-state index < -0.39 is 0 Å². The first kappa shape index (κ1) is 9.51. The fourth-order valence-electron chi connectivity index (χ4n) is 1.34. The number of carbonyl (C=O) groups excluding carboxylic acids is 1. The van der Waals surface area contributed by atoms with Gasteiger partial charge in [0.15, 0.2) is 0 Å². The van der Waals surface area contributed by atoms with Crippen LogP contribution in [0, 0.1) is 0 Å². The van der Waals surface area contributed by atoms with Gasteiger partial charge < -0.3 is 9.72 Å². The molecular weight excluding hydrogens is 194 g/mol. The molecule has 5 nitrogen and oxygen atoms in total. The lowest BCUT2D eigenvalue weighted by atomic mass is 10.3. The molecule has 5 heteroatoms. The van der Waals surface area contributed by atoms with Gasteiger partial charge in [0.1, 0.15) is 5.75 Å². The molecule has 0 bridgehead atoms. The number of amides is 1. The van der Waals surface area contributed by atoms with Gasteiger partial charge in [0, 0.05) is 13.0 Å². The van der Waals surface area contributed by atoms with Crippen LogP contribution in [-0.2, 0) is 4.79 Å². The molecular formula is C10H11N3O2. The molecule has 0 saturated carbocycles. The number of rotatable bonds is 2. The van der Waals surface area contributed by atoms with E-state index in [0.717, 1.165) is 16.8 Å². The normalized spacial score (nSPS) is 10.3. The Kier molecular flexibility index (Phi) is 2.29. The van der Waals surface area contributed by atoms with Crippen molar-refractivity contribution in [1.29, 1.82) is 0 Å². The summed E-state index contributed by atoms with van der Waals surface area (Å²) in [5.41, 5.74) is 1.62. The minimum atomic E-state index is -0.152. The second-order valence-corrected chi connectivity index (χ2v) is 3.15. The fraction of sp³-hybridized carbons (Fsp3) is 0.200. The molecule has 2 N–H and O–H groups in total. The Morgan fingerprint density at radius 2 is 2.33 bits per heavy atom. The van der Waals surface area contributed by atoms with E-state index in [1.54, 1.807) is 7.11 Å². The number of ether oxygens (including phenoxy) is 1. The number of methoxy groups -OCH3 is 1. The van der Waals surface area contributed by atoms with Crippen LogP contribution < -0.4 is 10.1 Å². The molecule has 0 atom stereocenters. The number of imidazole rings is 1. The van der Waals surface area contributed by atoms with Crippen LogP contribution in [0.4, 0.5) is 5.95 Å². The van der Waals surface area contributed by atoms with Gasteiger partial charge >= 0.3 is 0 Å². The standard InChI is InChI=1S/C10H11N3O2/c1-6(14)11-10-12-8-4-3-7(15-2)5-9(8)13-10/h3-5H,1-2H3,(H2,11,12,13,14). The van der Waals surface area contributed by atoms with E-state index >= 15 is 0 Å².